The standard InChI is InChI=1S/C19H28IN5O5/c1-11(2)15(21)17(27)25-14(4-3-9-23-19(22)29)16(26)24-13-7-5-12(6-8-13)10-30-18(20)28/h5-8,11,14-15H,3-4,9-10,21H2,1-2H3,(H,24,26)(H,25,27)(H3,22,23,29)/t14-,15-/m0/s1. The molecule has 1 rings (SSSR count). The van der Waals surface area contributed by atoms with Crippen LogP contribution in [-0.2, 0) is 20.9 Å². The van der Waals surface area contributed by atoms with E-state index in [4.69, 9.17) is 16.2 Å². The fourth-order valence-electron chi connectivity index (χ4n) is 2.41. The highest BCUT2D eigenvalue weighted by Crippen LogP contribution is 2.13. The summed E-state index contributed by atoms with van der Waals surface area (Å²) in [6.45, 7) is 4.03. The van der Waals surface area contributed by atoms with Crippen molar-refractivity contribution in [2.75, 3.05) is 11.9 Å². The second-order valence-corrected chi connectivity index (χ2v) is 7.86. The van der Waals surface area contributed by atoms with Crippen LogP contribution in [0.5, 0.6) is 0 Å². The van der Waals surface area contributed by atoms with E-state index in [2.05, 4.69) is 16.0 Å². The molecule has 30 heavy (non-hydrogen) atoms. The van der Waals surface area contributed by atoms with Gasteiger partial charge in [-0.15, -0.1) is 0 Å². The van der Waals surface area contributed by atoms with E-state index >= 15 is 0 Å². The van der Waals surface area contributed by atoms with Crippen molar-refractivity contribution in [3.63, 3.8) is 0 Å². The molecule has 166 valence electrons. The first-order valence-electron chi connectivity index (χ1n) is 9.41. The molecule has 2 atom stereocenters. The summed E-state index contributed by atoms with van der Waals surface area (Å²) in [5, 5.41) is 7.86. The Labute approximate surface area is 189 Å². The zero-order chi connectivity index (χ0) is 22.7. The molecule has 0 saturated heterocycles. The van der Waals surface area contributed by atoms with Crippen LogP contribution in [0.25, 0.3) is 0 Å². The molecule has 11 heteroatoms. The number of hydrogen-bond donors (Lipinski definition) is 5. The normalized spacial score (nSPS) is 12.6. The van der Waals surface area contributed by atoms with Crippen LogP contribution in [0.2, 0.25) is 0 Å². The molecule has 0 spiro atoms. The lowest BCUT2D eigenvalue weighted by Crippen LogP contribution is -2.51. The van der Waals surface area contributed by atoms with Gasteiger partial charge in [-0.25, -0.2) is 9.59 Å². The molecule has 0 aromatic heterocycles. The Hall–Kier alpha value is -2.41. The number of ether oxygens (including phenoxy) is 1. The van der Waals surface area contributed by atoms with Crippen LogP contribution in [0.15, 0.2) is 24.3 Å². The van der Waals surface area contributed by atoms with E-state index in [1.54, 1.807) is 46.9 Å². The molecule has 0 bridgehead atoms. The van der Waals surface area contributed by atoms with Crippen molar-refractivity contribution < 1.29 is 23.9 Å². The summed E-state index contributed by atoms with van der Waals surface area (Å²) in [6, 6.07) is 4.53. The first kappa shape index (κ1) is 25.6. The predicted molar refractivity (Wildman–Crippen MR) is 121 cm³/mol. The minimum atomic E-state index is -0.836. The van der Waals surface area contributed by atoms with Gasteiger partial charge < -0.3 is 32.2 Å². The molecule has 0 aliphatic rings. The monoisotopic (exact) mass is 533 g/mol. The van der Waals surface area contributed by atoms with Gasteiger partial charge in [-0.3, -0.25) is 9.59 Å². The van der Waals surface area contributed by atoms with Crippen molar-refractivity contribution in [2.45, 2.75) is 45.4 Å². The lowest BCUT2D eigenvalue weighted by molar-refractivity contribution is -0.128. The second-order valence-electron chi connectivity index (χ2n) is 6.98. The molecular formula is C19H28IN5O5. The Morgan fingerprint density at radius 3 is 2.27 bits per heavy atom. The van der Waals surface area contributed by atoms with Gasteiger partial charge in [0.05, 0.1) is 28.6 Å². The zero-order valence-electron chi connectivity index (χ0n) is 16.9. The minimum absolute atomic E-state index is 0.0885. The third-order valence-electron chi connectivity index (χ3n) is 4.20. The average molecular weight is 533 g/mol. The first-order chi connectivity index (χ1) is 14.1. The fraction of sp³-hybridized carbons (Fsp3) is 0.474. The largest absolute Gasteiger partial charge is 0.453 e. The Kier molecular flexibility index (Phi) is 11.1. The number of carbonyl (C=O) groups is 4. The van der Waals surface area contributed by atoms with Gasteiger partial charge in [0.2, 0.25) is 11.8 Å². The summed E-state index contributed by atoms with van der Waals surface area (Å²) in [5.74, 6) is -0.928. The van der Waals surface area contributed by atoms with Crippen LogP contribution in [0, 0.1) is 5.92 Å². The van der Waals surface area contributed by atoms with Gasteiger partial charge in [-0.1, -0.05) is 26.0 Å². The van der Waals surface area contributed by atoms with E-state index in [0.29, 0.717) is 12.1 Å². The minimum Gasteiger partial charge on any atom is -0.453 e. The molecule has 0 radical (unpaired) electrons. The lowest BCUT2D eigenvalue weighted by atomic mass is 10.0. The number of nitrogens with two attached hydrogens (primary N) is 2. The molecule has 1 aromatic carbocycles. The number of benzene rings is 1. The van der Waals surface area contributed by atoms with Crippen LogP contribution < -0.4 is 27.4 Å². The Morgan fingerprint density at radius 1 is 1.10 bits per heavy atom. The molecule has 4 amide bonds. The van der Waals surface area contributed by atoms with E-state index in [-0.39, 0.29) is 25.5 Å². The second kappa shape index (κ2) is 13.0. The van der Waals surface area contributed by atoms with E-state index in [1.165, 1.54) is 0 Å². The number of carbonyl (C=O) groups excluding carboxylic acids is 4. The van der Waals surface area contributed by atoms with Gasteiger partial charge >= 0.3 is 10.0 Å². The van der Waals surface area contributed by atoms with Gasteiger partial charge in [0, 0.05) is 12.2 Å². The lowest BCUT2D eigenvalue weighted by Gasteiger charge is -2.22. The number of hydrogen-bond acceptors (Lipinski definition) is 6. The smallest absolute Gasteiger partial charge is 0.367 e. The number of rotatable bonds is 11. The summed E-state index contributed by atoms with van der Waals surface area (Å²) >= 11 is 1.54. The molecule has 0 unspecified atom stereocenters. The third-order valence-corrected chi connectivity index (χ3v) is 4.51. The maximum absolute atomic E-state index is 12.7. The van der Waals surface area contributed by atoms with Crippen LogP contribution in [0.1, 0.15) is 32.3 Å². The molecule has 1 aromatic rings. The number of primary amides is 1. The summed E-state index contributed by atoms with van der Waals surface area (Å²) in [7, 11) is 0. The number of anilines is 1. The summed E-state index contributed by atoms with van der Waals surface area (Å²) in [5.41, 5.74) is 12.2. The maximum atomic E-state index is 12.7. The number of urea groups is 1. The highest BCUT2D eigenvalue weighted by molar-refractivity contribution is 14.1. The van der Waals surface area contributed by atoms with Gasteiger partial charge in [0.25, 0.3) is 0 Å². The molecule has 0 aliphatic heterocycles. The van der Waals surface area contributed by atoms with E-state index < -0.39 is 33.9 Å². The summed E-state index contributed by atoms with van der Waals surface area (Å²) in [4.78, 5) is 46.7. The van der Waals surface area contributed by atoms with Crippen LogP contribution in [-0.4, -0.2) is 40.4 Å². The molecule has 0 fully saturated rings. The van der Waals surface area contributed by atoms with Gasteiger partial charge in [0.1, 0.15) is 12.6 Å². The Bertz CT molecular complexity index is 741. The highest BCUT2D eigenvalue weighted by Gasteiger charge is 2.25. The number of nitrogens with one attached hydrogen (secondary N) is 3. The van der Waals surface area contributed by atoms with Crippen molar-refractivity contribution in [1.82, 2.24) is 10.6 Å². The summed E-state index contributed by atoms with van der Waals surface area (Å²) in [6.07, 6.45) is 0.713. The van der Waals surface area contributed by atoms with E-state index in [1.807, 2.05) is 13.8 Å². The SMILES string of the molecule is CC(C)[C@H](N)C(=O)N[C@@H](CCCNC(N)=O)C(=O)Nc1ccc(COC(=O)I)cc1. The van der Waals surface area contributed by atoms with Gasteiger partial charge in [0.15, 0.2) is 0 Å². The average Bonchev–Trinajstić information content (AvgIpc) is 2.68. The molecular weight excluding hydrogens is 505 g/mol. The Balaban J connectivity index is 2.75. The third kappa shape index (κ3) is 9.87. The number of amides is 4. The maximum Gasteiger partial charge on any atom is 0.367 e. The van der Waals surface area contributed by atoms with Crippen molar-refractivity contribution in [3.8, 4) is 0 Å². The van der Waals surface area contributed by atoms with Crippen LogP contribution >= 0.6 is 22.6 Å². The zero-order valence-corrected chi connectivity index (χ0v) is 19.1. The van der Waals surface area contributed by atoms with Crippen LogP contribution in [0.3, 0.4) is 0 Å². The summed E-state index contributed by atoms with van der Waals surface area (Å²) < 4.78 is 4.50. The molecule has 10 nitrogen and oxygen atoms in total. The topological polar surface area (TPSA) is 166 Å². The number of halogens is 1. The van der Waals surface area contributed by atoms with Crippen molar-refractivity contribution >= 4 is 50.1 Å². The highest BCUT2D eigenvalue weighted by atomic mass is 127. The van der Waals surface area contributed by atoms with Gasteiger partial charge in [-0.05, 0) is 36.5 Å². The fourth-order valence-corrected chi connectivity index (χ4v) is 2.57. The molecule has 0 aliphatic carbocycles. The first-order valence-corrected chi connectivity index (χ1v) is 10.5. The van der Waals surface area contributed by atoms with E-state index in [0.717, 1.165) is 5.56 Å². The predicted octanol–water partition coefficient (Wildman–Crippen LogP) is 1.61. The molecule has 0 saturated carbocycles. The van der Waals surface area contributed by atoms with Gasteiger partial charge in [-0.2, -0.15) is 0 Å². The van der Waals surface area contributed by atoms with Crippen molar-refractivity contribution in [2.24, 2.45) is 17.4 Å². The Morgan fingerprint density at radius 2 is 1.73 bits per heavy atom. The van der Waals surface area contributed by atoms with Crippen LogP contribution in [0.4, 0.5) is 15.3 Å². The van der Waals surface area contributed by atoms with E-state index in [9.17, 15) is 19.2 Å². The quantitative estimate of drug-likeness (QED) is 0.165. The van der Waals surface area contributed by atoms with Crippen molar-refractivity contribution in [3.05, 3.63) is 29.8 Å². The molecule has 0 heterocycles. The molecule has 7 N–H and O–H groups in total. The van der Waals surface area contributed by atoms with Crippen molar-refractivity contribution in [1.29, 1.82) is 0 Å².